The molecule has 3 heteroatoms. The van der Waals surface area contributed by atoms with Crippen molar-refractivity contribution in [1.29, 1.82) is 5.26 Å². The van der Waals surface area contributed by atoms with Crippen LogP contribution in [0.15, 0.2) is 59.3 Å². The van der Waals surface area contributed by atoms with E-state index in [2.05, 4.69) is 32.1 Å². The molecule has 3 aliphatic carbocycles. The molecule has 3 nitrogen and oxygen atoms in total. The molecule has 0 saturated heterocycles. The van der Waals surface area contributed by atoms with Crippen LogP contribution in [0.4, 0.5) is 0 Å². The van der Waals surface area contributed by atoms with Gasteiger partial charge in [0.05, 0.1) is 13.2 Å². The van der Waals surface area contributed by atoms with Gasteiger partial charge in [0.25, 0.3) is 0 Å². The lowest BCUT2D eigenvalue weighted by molar-refractivity contribution is -0.148. The summed E-state index contributed by atoms with van der Waals surface area (Å²) in [6, 6.07) is 2.30. The third kappa shape index (κ3) is 1.70. The van der Waals surface area contributed by atoms with Gasteiger partial charge in [-0.25, -0.2) is 4.79 Å². The van der Waals surface area contributed by atoms with Crippen LogP contribution in [-0.2, 0) is 9.53 Å². The van der Waals surface area contributed by atoms with E-state index in [1.54, 1.807) is 0 Å². The van der Waals surface area contributed by atoms with E-state index in [1.165, 1.54) is 18.3 Å². The minimum Gasteiger partial charge on any atom is -0.468 e. The maximum Gasteiger partial charge on any atom is 0.331 e. The summed E-state index contributed by atoms with van der Waals surface area (Å²) in [5, 5.41) is 9.93. The Labute approximate surface area is 131 Å². The van der Waals surface area contributed by atoms with Crippen molar-refractivity contribution in [3.05, 3.63) is 59.3 Å². The fraction of sp³-hybridized carbons (Fsp3) is 0.368. The van der Waals surface area contributed by atoms with Crippen molar-refractivity contribution < 1.29 is 9.53 Å². The van der Waals surface area contributed by atoms with Gasteiger partial charge in [0.1, 0.15) is 0 Å². The molecule has 0 heterocycles. The molecule has 1 fully saturated rings. The third-order valence-corrected chi connectivity index (χ3v) is 5.01. The van der Waals surface area contributed by atoms with Crippen LogP contribution in [0, 0.1) is 34.5 Å². The monoisotopic (exact) mass is 293 g/mol. The summed E-state index contributed by atoms with van der Waals surface area (Å²) in [5.41, 5.74) is 2.09. The molecule has 0 bridgehead atoms. The number of allylic oxidation sites excluding steroid dienone is 9. The molecule has 3 aliphatic rings. The van der Waals surface area contributed by atoms with Crippen LogP contribution in [-0.4, -0.2) is 13.1 Å². The number of hydrogen-bond donors (Lipinski definition) is 0. The summed E-state index contributed by atoms with van der Waals surface area (Å²) >= 11 is 0. The van der Waals surface area contributed by atoms with Crippen molar-refractivity contribution in [3.63, 3.8) is 0 Å². The highest BCUT2D eigenvalue weighted by Gasteiger charge is 2.63. The van der Waals surface area contributed by atoms with Gasteiger partial charge in [0.2, 0.25) is 0 Å². The zero-order valence-electron chi connectivity index (χ0n) is 13.0. The van der Waals surface area contributed by atoms with E-state index in [-0.39, 0.29) is 17.8 Å². The molecule has 0 unspecified atom stereocenters. The van der Waals surface area contributed by atoms with Crippen LogP contribution >= 0.6 is 0 Å². The van der Waals surface area contributed by atoms with Crippen molar-refractivity contribution >= 4 is 5.97 Å². The Balaban J connectivity index is 2.27. The van der Waals surface area contributed by atoms with Gasteiger partial charge in [-0.2, -0.15) is 5.26 Å². The Bertz CT molecular complexity index is 710. The number of nitriles is 1. The van der Waals surface area contributed by atoms with Crippen LogP contribution in [0.3, 0.4) is 0 Å². The standard InChI is InChI=1S/C19H19NO2/c1-12(2)13-9-10-16-17(13)14-7-5-4-6-8-15(14)19(16,11-20)18(21)22-3/h4-10,14,16-17H,1-3H3/t14-,16-,17-,19-/m1/s1. The summed E-state index contributed by atoms with van der Waals surface area (Å²) in [6.07, 6.45) is 13.9. The molecule has 0 aromatic carbocycles. The average molecular weight is 293 g/mol. The molecular weight excluding hydrogens is 274 g/mol. The minimum absolute atomic E-state index is 0.0543. The van der Waals surface area contributed by atoms with Gasteiger partial charge in [0, 0.05) is 17.8 Å². The number of esters is 1. The number of rotatable bonds is 1. The summed E-state index contributed by atoms with van der Waals surface area (Å²) in [4.78, 5) is 12.6. The highest BCUT2D eigenvalue weighted by atomic mass is 16.5. The van der Waals surface area contributed by atoms with Gasteiger partial charge in [-0.3, -0.25) is 0 Å². The topological polar surface area (TPSA) is 50.1 Å². The molecular formula is C19H19NO2. The second-order valence-corrected chi connectivity index (χ2v) is 6.20. The van der Waals surface area contributed by atoms with Crippen LogP contribution in [0.2, 0.25) is 0 Å². The molecule has 0 amide bonds. The smallest absolute Gasteiger partial charge is 0.331 e. The highest BCUT2D eigenvalue weighted by molar-refractivity contribution is 5.87. The second kappa shape index (κ2) is 5.14. The lowest BCUT2D eigenvalue weighted by Crippen LogP contribution is -2.36. The predicted octanol–water partition coefficient (Wildman–Crippen LogP) is 3.49. The van der Waals surface area contributed by atoms with Gasteiger partial charge in [-0.05, 0) is 25.0 Å². The molecule has 1 saturated carbocycles. The van der Waals surface area contributed by atoms with Crippen LogP contribution in [0.1, 0.15) is 13.8 Å². The average Bonchev–Trinajstić information content (AvgIpc) is 2.95. The fourth-order valence-corrected chi connectivity index (χ4v) is 4.08. The van der Waals surface area contributed by atoms with E-state index in [9.17, 15) is 10.1 Å². The fourth-order valence-electron chi connectivity index (χ4n) is 4.08. The first-order valence-electron chi connectivity index (χ1n) is 7.48. The summed E-state index contributed by atoms with van der Waals surface area (Å²) in [7, 11) is 1.35. The number of carbonyl (C=O) groups excluding carboxylic acids is 1. The van der Waals surface area contributed by atoms with Crippen molar-refractivity contribution in [3.8, 4) is 6.07 Å². The number of ether oxygens (including phenoxy) is 1. The van der Waals surface area contributed by atoms with Gasteiger partial charge in [0.15, 0.2) is 5.41 Å². The molecule has 4 atom stereocenters. The van der Waals surface area contributed by atoms with Gasteiger partial charge < -0.3 is 4.74 Å². The molecule has 0 spiro atoms. The van der Waals surface area contributed by atoms with Gasteiger partial charge in [-0.1, -0.05) is 48.1 Å². The zero-order chi connectivity index (χ0) is 15.9. The van der Waals surface area contributed by atoms with Gasteiger partial charge in [-0.15, -0.1) is 0 Å². The number of hydrogen-bond acceptors (Lipinski definition) is 3. The van der Waals surface area contributed by atoms with E-state index >= 15 is 0 Å². The Hall–Kier alpha value is -2.34. The maximum atomic E-state index is 12.6. The van der Waals surface area contributed by atoms with E-state index in [4.69, 9.17) is 4.74 Å². The maximum absolute atomic E-state index is 12.6. The Morgan fingerprint density at radius 2 is 2.05 bits per heavy atom. The second-order valence-electron chi connectivity index (χ2n) is 6.20. The number of nitrogens with zero attached hydrogens (tertiary/aromatic N) is 1. The number of carbonyl (C=O) groups is 1. The first-order valence-corrected chi connectivity index (χ1v) is 7.48. The highest BCUT2D eigenvalue weighted by Crippen LogP contribution is 2.61. The Morgan fingerprint density at radius 1 is 1.27 bits per heavy atom. The summed E-state index contributed by atoms with van der Waals surface area (Å²) in [6.45, 7) is 4.16. The van der Waals surface area contributed by atoms with E-state index < -0.39 is 11.4 Å². The van der Waals surface area contributed by atoms with E-state index in [0.29, 0.717) is 0 Å². The van der Waals surface area contributed by atoms with Gasteiger partial charge >= 0.3 is 5.97 Å². The molecule has 0 radical (unpaired) electrons. The lowest BCUT2D eigenvalue weighted by Gasteiger charge is -2.25. The molecule has 0 aliphatic heterocycles. The Kier molecular flexibility index (Phi) is 3.41. The number of fused-ring (bicyclic) bond motifs is 3. The predicted molar refractivity (Wildman–Crippen MR) is 84.4 cm³/mol. The molecule has 0 aromatic rings. The first kappa shape index (κ1) is 14.6. The molecule has 3 rings (SSSR count). The van der Waals surface area contributed by atoms with Crippen molar-refractivity contribution in [2.75, 3.05) is 7.11 Å². The quantitative estimate of drug-likeness (QED) is 0.695. The Morgan fingerprint density at radius 3 is 2.68 bits per heavy atom. The van der Waals surface area contributed by atoms with Crippen molar-refractivity contribution in [1.82, 2.24) is 0 Å². The summed E-state index contributed by atoms with van der Waals surface area (Å²) < 4.78 is 5.02. The minimum atomic E-state index is -1.23. The molecule has 112 valence electrons. The lowest BCUT2D eigenvalue weighted by atomic mass is 9.75. The molecule has 0 aromatic heterocycles. The molecule has 0 N–H and O–H groups in total. The van der Waals surface area contributed by atoms with E-state index in [1.807, 2.05) is 30.4 Å². The largest absolute Gasteiger partial charge is 0.468 e. The van der Waals surface area contributed by atoms with Crippen molar-refractivity contribution in [2.45, 2.75) is 13.8 Å². The van der Waals surface area contributed by atoms with E-state index in [0.717, 1.165) is 5.57 Å². The normalized spacial score (nSPS) is 34.5. The number of methoxy groups -OCH3 is 1. The van der Waals surface area contributed by atoms with Crippen molar-refractivity contribution in [2.24, 2.45) is 23.2 Å². The zero-order valence-corrected chi connectivity index (χ0v) is 13.0. The molecule has 22 heavy (non-hydrogen) atoms. The SMILES string of the molecule is COC(=O)[C@]1(C#N)C2=CC=CC=C[C@H]2[C@H]2C(=C(C)C)C=C[C@H]21. The van der Waals surface area contributed by atoms with Crippen LogP contribution < -0.4 is 0 Å². The van der Waals surface area contributed by atoms with Crippen LogP contribution in [0.25, 0.3) is 0 Å². The third-order valence-electron chi connectivity index (χ3n) is 5.01. The summed E-state index contributed by atoms with van der Waals surface area (Å²) in [5.74, 6) is -0.436. The van der Waals surface area contributed by atoms with Crippen LogP contribution in [0.5, 0.6) is 0 Å². The first-order chi connectivity index (χ1) is 10.6.